The lowest BCUT2D eigenvalue weighted by molar-refractivity contribution is -0.145. The molecule has 2 heterocycles. The molecule has 6 heteroatoms. The molecule has 0 radical (unpaired) electrons. The number of carboxylic acid groups (broad SMARTS) is 1. The van der Waals surface area contributed by atoms with Crippen LogP contribution in [0.1, 0.15) is 32.6 Å². The fourth-order valence-corrected chi connectivity index (χ4v) is 4.15. The summed E-state index contributed by atoms with van der Waals surface area (Å²) in [7, 11) is 0. The molecule has 0 saturated carbocycles. The Morgan fingerprint density at radius 2 is 2.15 bits per heavy atom. The van der Waals surface area contributed by atoms with Gasteiger partial charge in [0.15, 0.2) is 0 Å². The minimum Gasteiger partial charge on any atom is -0.481 e. The van der Waals surface area contributed by atoms with Crippen LogP contribution in [-0.4, -0.2) is 58.7 Å². The van der Waals surface area contributed by atoms with Gasteiger partial charge in [0.25, 0.3) is 0 Å². The number of ether oxygens (including phenoxy) is 1. The lowest BCUT2D eigenvalue weighted by atomic mass is 10.0. The molecule has 3 atom stereocenters. The summed E-state index contributed by atoms with van der Waals surface area (Å²) < 4.78 is 5.31. The van der Waals surface area contributed by atoms with Gasteiger partial charge in [0.05, 0.1) is 24.5 Å². The fraction of sp³-hybridized carbons (Fsp3) is 0.857. The molecule has 1 amide bonds. The molecule has 0 aliphatic carbocycles. The van der Waals surface area contributed by atoms with E-state index in [2.05, 4.69) is 0 Å². The van der Waals surface area contributed by atoms with Crippen molar-refractivity contribution in [1.82, 2.24) is 4.90 Å². The van der Waals surface area contributed by atoms with Crippen LogP contribution in [0.15, 0.2) is 0 Å². The second-order valence-corrected chi connectivity index (χ2v) is 6.75. The first-order valence-corrected chi connectivity index (χ1v) is 8.42. The molecule has 2 aliphatic heterocycles. The Kier molecular flexibility index (Phi) is 5.72. The van der Waals surface area contributed by atoms with Crippen molar-refractivity contribution < 1.29 is 19.4 Å². The van der Waals surface area contributed by atoms with Crippen molar-refractivity contribution in [1.29, 1.82) is 0 Å². The SMILES string of the molecule is CCCN(C(=O)C1CCCCS1)C1COCC1C(=O)O. The Bertz CT molecular complexity index is 357. The average Bonchev–Trinajstić information content (AvgIpc) is 2.94. The van der Waals surface area contributed by atoms with Crippen molar-refractivity contribution in [3.8, 4) is 0 Å². The topological polar surface area (TPSA) is 66.8 Å². The molecule has 2 rings (SSSR count). The molecule has 0 spiro atoms. The number of amides is 1. The summed E-state index contributed by atoms with van der Waals surface area (Å²) >= 11 is 1.71. The normalized spacial score (nSPS) is 30.1. The van der Waals surface area contributed by atoms with Crippen LogP contribution in [0.5, 0.6) is 0 Å². The average molecular weight is 301 g/mol. The quantitative estimate of drug-likeness (QED) is 0.835. The Hall–Kier alpha value is -0.750. The lowest BCUT2D eigenvalue weighted by Gasteiger charge is -2.34. The number of nitrogens with zero attached hydrogens (tertiary/aromatic N) is 1. The molecule has 114 valence electrons. The first-order valence-electron chi connectivity index (χ1n) is 7.37. The maximum absolute atomic E-state index is 12.7. The molecule has 2 fully saturated rings. The molecule has 0 bridgehead atoms. The fourth-order valence-electron chi connectivity index (χ4n) is 2.89. The van der Waals surface area contributed by atoms with Crippen LogP contribution in [0, 0.1) is 5.92 Å². The van der Waals surface area contributed by atoms with Crippen molar-refractivity contribution in [2.45, 2.75) is 43.9 Å². The molecule has 2 aliphatic rings. The highest BCUT2D eigenvalue weighted by molar-refractivity contribution is 8.00. The van der Waals surface area contributed by atoms with Crippen LogP contribution in [-0.2, 0) is 14.3 Å². The summed E-state index contributed by atoms with van der Waals surface area (Å²) in [4.78, 5) is 25.8. The van der Waals surface area contributed by atoms with E-state index >= 15 is 0 Å². The van der Waals surface area contributed by atoms with E-state index in [0.717, 1.165) is 25.0 Å². The number of thioether (sulfide) groups is 1. The highest BCUT2D eigenvalue weighted by Gasteiger charge is 2.41. The second kappa shape index (κ2) is 7.31. The van der Waals surface area contributed by atoms with Gasteiger partial charge in [0.1, 0.15) is 5.92 Å². The Balaban J connectivity index is 2.08. The first kappa shape index (κ1) is 15.6. The molecule has 20 heavy (non-hydrogen) atoms. The van der Waals surface area contributed by atoms with E-state index in [1.807, 2.05) is 6.92 Å². The van der Waals surface area contributed by atoms with E-state index < -0.39 is 11.9 Å². The maximum atomic E-state index is 12.7. The molecule has 5 nitrogen and oxygen atoms in total. The number of carbonyl (C=O) groups is 2. The third kappa shape index (κ3) is 3.47. The van der Waals surface area contributed by atoms with E-state index in [1.54, 1.807) is 16.7 Å². The van der Waals surface area contributed by atoms with Crippen molar-refractivity contribution in [2.24, 2.45) is 5.92 Å². The summed E-state index contributed by atoms with van der Waals surface area (Å²) in [5, 5.41) is 9.27. The van der Waals surface area contributed by atoms with Crippen LogP contribution in [0.2, 0.25) is 0 Å². The van der Waals surface area contributed by atoms with E-state index in [9.17, 15) is 14.7 Å². The van der Waals surface area contributed by atoms with Gasteiger partial charge in [-0.25, -0.2) is 0 Å². The van der Waals surface area contributed by atoms with E-state index in [4.69, 9.17) is 4.74 Å². The minimum absolute atomic E-state index is 0.00495. The number of carbonyl (C=O) groups excluding carboxylic acids is 1. The molecular weight excluding hydrogens is 278 g/mol. The van der Waals surface area contributed by atoms with Crippen molar-refractivity contribution in [3.05, 3.63) is 0 Å². The van der Waals surface area contributed by atoms with Gasteiger partial charge < -0.3 is 14.7 Å². The molecule has 0 aromatic rings. The largest absolute Gasteiger partial charge is 0.481 e. The molecule has 0 aromatic carbocycles. The smallest absolute Gasteiger partial charge is 0.311 e. The summed E-state index contributed by atoms with van der Waals surface area (Å²) in [5.74, 6) is -0.310. The van der Waals surface area contributed by atoms with E-state index in [-0.39, 0.29) is 23.8 Å². The molecular formula is C14H23NO4S. The Morgan fingerprint density at radius 1 is 1.35 bits per heavy atom. The van der Waals surface area contributed by atoms with Gasteiger partial charge >= 0.3 is 5.97 Å². The highest BCUT2D eigenvalue weighted by atomic mass is 32.2. The molecule has 0 aromatic heterocycles. The minimum atomic E-state index is -0.863. The monoisotopic (exact) mass is 301 g/mol. The van der Waals surface area contributed by atoms with Crippen LogP contribution < -0.4 is 0 Å². The van der Waals surface area contributed by atoms with Gasteiger partial charge in [-0.3, -0.25) is 9.59 Å². The maximum Gasteiger partial charge on any atom is 0.311 e. The number of carboxylic acids is 1. The van der Waals surface area contributed by atoms with Gasteiger partial charge in [-0.05, 0) is 25.0 Å². The Morgan fingerprint density at radius 3 is 2.75 bits per heavy atom. The van der Waals surface area contributed by atoms with Gasteiger partial charge in [-0.2, -0.15) is 0 Å². The van der Waals surface area contributed by atoms with Gasteiger partial charge in [-0.15, -0.1) is 11.8 Å². The zero-order valence-corrected chi connectivity index (χ0v) is 12.7. The number of rotatable bonds is 5. The highest BCUT2D eigenvalue weighted by Crippen LogP contribution is 2.29. The third-order valence-corrected chi connectivity index (χ3v) is 5.33. The van der Waals surface area contributed by atoms with Gasteiger partial charge in [0.2, 0.25) is 5.91 Å². The summed E-state index contributed by atoms with van der Waals surface area (Å²) in [6, 6.07) is -0.303. The zero-order valence-electron chi connectivity index (χ0n) is 11.9. The third-order valence-electron chi connectivity index (χ3n) is 3.97. The van der Waals surface area contributed by atoms with Gasteiger partial charge in [0, 0.05) is 6.54 Å². The number of hydrogen-bond donors (Lipinski definition) is 1. The lowest BCUT2D eigenvalue weighted by Crippen LogP contribution is -2.50. The molecule has 1 N–H and O–H groups in total. The van der Waals surface area contributed by atoms with Crippen molar-refractivity contribution in [2.75, 3.05) is 25.5 Å². The predicted molar refractivity (Wildman–Crippen MR) is 77.8 cm³/mol. The number of aliphatic carboxylic acids is 1. The summed E-state index contributed by atoms with van der Waals surface area (Å²) in [5.41, 5.74) is 0. The van der Waals surface area contributed by atoms with E-state index in [1.165, 1.54) is 6.42 Å². The van der Waals surface area contributed by atoms with Gasteiger partial charge in [-0.1, -0.05) is 13.3 Å². The van der Waals surface area contributed by atoms with E-state index in [0.29, 0.717) is 13.2 Å². The summed E-state index contributed by atoms with van der Waals surface area (Å²) in [6.07, 6.45) is 4.01. The zero-order chi connectivity index (χ0) is 14.5. The standard InChI is InChI=1S/C14H23NO4S/c1-2-6-15(11-9-19-8-10(11)14(17)18)13(16)12-5-3-4-7-20-12/h10-12H,2-9H2,1H3,(H,17,18). The molecule has 3 unspecified atom stereocenters. The molecule has 2 saturated heterocycles. The van der Waals surface area contributed by atoms with Crippen molar-refractivity contribution in [3.63, 3.8) is 0 Å². The summed E-state index contributed by atoms with van der Waals surface area (Å²) in [6.45, 7) is 3.19. The number of hydrogen-bond acceptors (Lipinski definition) is 4. The Labute approximate surface area is 124 Å². The van der Waals surface area contributed by atoms with Crippen LogP contribution in [0.3, 0.4) is 0 Å². The van der Waals surface area contributed by atoms with Crippen molar-refractivity contribution >= 4 is 23.6 Å². The van der Waals surface area contributed by atoms with Crippen LogP contribution in [0.4, 0.5) is 0 Å². The predicted octanol–water partition coefficient (Wildman–Crippen LogP) is 1.61. The van der Waals surface area contributed by atoms with Crippen LogP contribution >= 0.6 is 11.8 Å². The second-order valence-electron chi connectivity index (χ2n) is 5.44. The van der Waals surface area contributed by atoms with Crippen LogP contribution in [0.25, 0.3) is 0 Å². The first-order chi connectivity index (χ1) is 9.65.